The number of nitrogens with two attached hydrogens (primary N) is 1. The van der Waals surface area contributed by atoms with Crippen molar-refractivity contribution in [3.05, 3.63) is 57.8 Å². The number of hydrogen-bond donors (Lipinski definition) is 2. The number of rotatable bonds is 6. The van der Waals surface area contributed by atoms with Crippen LogP contribution in [0.2, 0.25) is 0 Å². The van der Waals surface area contributed by atoms with E-state index in [-0.39, 0.29) is 5.84 Å². The van der Waals surface area contributed by atoms with Gasteiger partial charge in [0.05, 0.1) is 13.2 Å². The van der Waals surface area contributed by atoms with E-state index in [1.54, 1.807) is 11.3 Å². The lowest BCUT2D eigenvalue weighted by atomic mass is 10.1. The molecule has 0 unspecified atom stereocenters. The quantitative estimate of drug-likeness (QED) is 0.476. The van der Waals surface area contributed by atoms with Crippen LogP contribution in [0.1, 0.15) is 16.0 Å². The van der Waals surface area contributed by atoms with Gasteiger partial charge in [-0.3, -0.25) is 5.41 Å². The molecule has 0 saturated carbocycles. The molecule has 3 nitrogen and oxygen atoms in total. The highest BCUT2D eigenvalue weighted by Gasteiger charge is 1.98. The summed E-state index contributed by atoms with van der Waals surface area (Å²) in [6.45, 7) is 1.33. The molecule has 0 atom stereocenters. The molecule has 2 aromatic rings. The molecule has 4 heteroatoms. The summed E-state index contributed by atoms with van der Waals surface area (Å²) in [6.07, 6.45) is 0.962. The first-order valence-corrected chi connectivity index (χ1v) is 6.67. The fourth-order valence-corrected chi connectivity index (χ4v) is 2.29. The molecule has 0 amide bonds. The lowest BCUT2D eigenvalue weighted by Crippen LogP contribution is -2.10. The first kappa shape index (κ1) is 12.8. The van der Waals surface area contributed by atoms with Gasteiger partial charge in [0.25, 0.3) is 0 Å². The van der Waals surface area contributed by atoms with Crippen molar-refractivity contribution in [1.29, 1.82) is 5.41 Å². The van der Waals surface area contributed by atoms with Crippen molar-refractivity contribution in [3.8, 4) is 0 Å². The van der Waals surface area contributed by atoms with Crippen molar-refractivity contribution >= 4 is 17.2 Å². The Hall–Kier alpha value is -1.65. The van der Waals surface area contributed by atoms with Crippen LogP contribution in [0.4, 0.5) is 0 Å². The second-order valence-electron chi connectivity index (χ2n) is 3.99. The number of nitrogens with one attached hydrogen (secondary N) is 1. The molecule has 1 heterocycles. The highest BCUT2D eigenvalue weighted by molar-refractivity contribution is 7.09. The van der Waals surface area contributed by atoms with Crippen LogP contribution in [0, 0.1) is 5.41 Å². The number of nitrogen functional groups attached to an aromatic ring is 1. The van der Waals surface area contributed by atoms with Gasteiger partial charge in [0.2, 0.25) is 0 Å². The lowest BCUT2D eigenvalue weighted by Gasteiger charge is -2.04. The summed E-state index contributed by atoms with van der Waals surface area (Å²) in [4.78, 5) is 1.35. The van der Waals surface area contributed by atoms with Crippen molar-refractivity contribution in [1.82, 2.24) is 0 Å². The SMILES string of the molecule is N=C(N)c1ccc(COCCc2cccs2)cc1. The zero-order valence-electron chi connectivity index (χ0n) is 10.1. The standard InChI is InChI=1S/C14H16N2OS/c15-14(16)12-5-3-11(4-6-12)10-17-8-7-13-2-1-9-18-13/h1-6,9H,7-8,10H2,(H3,15,16). The smallest absolute Gasteiger partial charge is 0.122 e. The zero-order valence-corrected chi connectivity index (χ0v) is 10.9. The fourth-order valence-electron chi connectivity index (χ4n) is 1.60. The molecule has 0 fully saturated rings. The highest BCUT2D eigenvalue weighted by Crippen LogP contribution is 2.10. The molecule has 2 rings (SSSR count). The van der Waals surface area contributed by atoms with E-state index in [1.165, 1.54) is 4.88 Å². The number of hydrogen-bond acceptors (Lipinski definition) is 3. The number of ether oxygens (including phenoxy) is 1. The van der Waals surface area contributed by atoms with Gasteiger partial charge in [0.15, 0.2) is 0 Å². The topological polar surface area (TPSA) is 59.1 Å². The van der Waals surface area contributed by atoms with E-state index in [2.05, 4.69) is 17.5 Å². The van der Waals surface area contributed by atoms with E-state index in [1.807, 2.05) is 24.3 Å². The Kier molecular flexibility index (Phi) is 4.50. The molecule has 0 bridgehead atoms. The third-order valence-electron chi connectivity index (χ3n) is 2.61. The normalized spacial score (nSPS) is 10.4. The van der Waals surface area contributed by atoms with Crippen LogP contribution < -0.4 is 5.73 Å². The summed E-state index contributed by atoms with van der Waals surface area (Å²) in [5.41, 5.74) is 7.24. The van der Waals surface area contributed by atoms with E-state index < -0.39 is 0 Å². The van der Waals surface area contributed by atoms with Crippen LogP contribution in [-0.2, 0) is 17.8 Å². The van der Waals surface area contributed by atoms with Crippen molar-refractivity contribution < 1.29 is 4.74 Å². The Morgan fingerprint density at radius 3 is 2.61 bits per heavy atom. The molecule has 0 radical (unpaired) electrons. The maximum atomic E-state index is 7.30. The second kappa shape index (κ2) is 6.33. The molecule has 94 valence electrons. The summed E-state index contributed by atoms with van der Waals surface area (Å²) in [5, 5.41) is 9.38. The Bertz CT molecular complexity index is 491. The predicted octanol–water partition coefficient (Wildman–Crippen LogP) is 2.79. The van der Waals surface area contributed by atoms with Gasteiger partial charge in [-0.25, -0.2) is 0 Å². The van der Waals surface area contributed by atoms with E-state index >= 15 is 0 Å². The van der Waals surface area contributed by atoms with E-state index in [9.17, 15) is 0 Å². The molecule has 0 aliphatic carbocycles. The van der Waals surface area contributed by atoms with Gasteiger partial charge in [-0.1, -0.05) is 30.3 Å². The van der Waals surface area contributed by atoms with Gasteiger partial charge < -0.3 is 10.5 Å². The molecular formula is C14H16N2OS. The third-order valence-corrected chi connectivity index (χ3v) is 3.54. The largest absolute Gasteiger partial charge is 0.384 e. The Morgan fingerprint density at radius 1 is 1.22 bits per heavy atom. The maximum absolute atomic E-state index is 7.30. The summed E-state index contributed by atoms with van der Waals surface area (Å²) >= 11 is 1.76. The van der Waals surface area contributed by atoms with Crippen LogP contribution in [0.15, 0.2) is 41.8 Å². The molecule has 0 aliphatic heterocycles. The van der Waals surface area contributed by atoms with Crippen LogP contribution in [-0.4, -0.2) is 12.4 Å². The van der Waals surface area contributed by atoms with Crippen molar-refractivity contribution in [2.75, 3.05) is 6.61 Å². The van der Waals surface area contributed by atoms with E-state index in [4.69, 9.17) is 15.9 Å². The molecule has 0 spiro atoms. The minimum atomic E-state index is 0.0974. The first-order chi connectivity index (χ1) is 8.75. The van der Waals surface area contributed by atoms with Gasteiger partial charge in [-0.2, -0.15) is 0 Å². The van der Waals surface area contributed by atoms with Crippen LogP contribution in [0.25, 0.3) is 0 Å². The average molecular weight is 260 g/mol. The molecular weight excluding hydrogens is 244 g/mol. The van der Waals surface area contributed by atoms with Gasteiger partial charge in [0.1, 0.15) is 5.84 Å². The summed E-state index contributed by atoms with van der Waals surface area (Å²) in [5.74, 6) is 0.0974. The van der Waals surface area contributed by atoms with Gasteiger partial charge in [-0.05, 0) is 17.0 Å². The molecule has 1 aromatic heterocycles. The van der Waals surface area contributed by atoms with Crippen molar-refractivity contribution in [3.63, 3.8) is 0 Å². The van der Waals surface area contributed by atoms with Crippen LogP contribution >= 0.6 is 11.3 Å². The monoisotopic (exact) mass is 260 g/mol. The Morgan fingerprint density at radius 2 is 2.00 bits per heavy atom. The third kappa shape index (κ3) is 3.68. The fraction of sp³-hybridized carbons (Fsp3) is 0.214. The minimum Gasteiger partial charge on any atom is -0.384 e. The Labute approximate surface area is 111 Å². The molecule has 0 aliphatic rings. The van der Waals surface area contributed by atoms with E-state index in [0.717, 1.165) is 24.2 Å². The molecule has 0 saturated heterocycles. The summed E-state index contributed by atoms with van der Waals surface area (Å²) in [7, 11) is 0. The second-order valence-corrected chi connectivity index (χ2v) is 5.02. The predicted molar refractivity (Wildman–Crippen MR) is 75.1 cm³/mol. The van der Waals surface area contributed by atoms with Crippen molar-refractivity contribution in [2.24, 2.45) is 5.73 Å². The van der Waals surface area contributed by atoms with Crippen molar-refractivity contribution in [2.45, 2.75) is 13.0 Å². The van der Waals surface area contributed by atoms with Gasteiger partial charge in [-0.15, -0.1) is 11.3 Å². The van der Waals surface area contributed by atoms with Gasteiger partial charge >= 0.3 is 0 Å². The Balaban J connectivity index is 1.75. The molecule has 18 heavy (non-hydrogen) atoms. The number of benzene rings is 1. The number of amidine groups is 1. The summed E-state index contributed by atoms with van der Waals surface area (Å²) < 4.78 is 5.62. The lowest BCUT2D eigenvalue weighted by molar-refractivity contribution is 0.124. The van der Waals surface area contributed by atoms with E-state index in [0.29, 0.717) is 6.61 Å². The van der Waals surface area contributed by atoms with Crippen LogP contribution in [0.3, 0.4) is 0 Å². The van der Waals surface area contributed by atoms with Crippen LogP contribution in [0.5, 0.6) is 0 Å². The van der Waals surface area contributed by atoms with Gasteiger partial charge in [0, 0.05) is 16.9 Å². The average Bonchev–Trinajstić information content (AvgIpc) is 2.88. The summed E-state index contributed by atoms with van der Waals surface area (Å²) in [6, 6.07) is 11.8. The first-order valence-electron chi connectivity index (χ1n) is 5.79. The minimum absolute atomic E-state index is 0.0974. The molecule has 3 N–H and O–H groups in total. The zero-order chi connectivity index (χ0) is 12.8. The number of thiophene rings is 1. The highest BCUT2D eigenvalue weighted by atomic mass is 32.1. The maximum Gasteiger partial charge on any atom is 0.122 e. The molecule has 1 aromatic carbocycles.